The minimum atomic E-state index is -0.323. The van der Waals surface area contributed by atoms with Gasteiger partial charge in [0.15, 0.2) is 0 Å². The van der Waals surface area contributed by atoms with Crippen molar-refractivity contribution in [3.8, 4) is 0 Å². The number of rotatable bonds is 8. The van der Waals surface area contributed by atoms with Crippen LogP contribution in [-0.2, 0) is 4.79 Å². The van der Waals surface area contributed by atoms with Crippen LogP contribution in [0.2, 0.25) is 0 Å². The van der Waals surface area contributed by atoms with Crippen molar-refractivity contribution in [2.75, 3.05) is 26.2 Å². The van der Waals surface area contributed by atoms with Crippen molar-refractivity contribution in [1.29, 1.82) is 0 Å². The fourth-order valence-corrected chi connectivity index (χ4v) is 3.61. The summed E-state index contributed by atoms with van der Waals surface area (Å²) in [5, 5.41) is 5.67. The van der Waals surface area contributed by atoms with Crippen LogP contribution in [0.3, 0.4) is 0 Å². The standard InChI is InChI=1S/C24H31N3O3/c1-19-9-6-10-20(17-19)23(28)26-22(18-21-11-7-16-30-21)24(29)25-12-8-15-27-13-4-2-3-5-14-27/h6-7,9-11,16-18H,2-5,8,12-15H2,1H3,(H,25,29)(H,26,28)/b22-18-. The summed E-state index contributed by atoms with van der Waals surface area (Å²) >= 11 is 0. The number of carbonyl (C=O) groups is 2. The van der Waals surface area contributed by atoms with E-state index in [0.717, 1.165) is 31.6 Å². The van der Waals surface area contributed by atoms with Crippen molar-refractivity contribution < 1.29 is 14.0 Å². The maximum Gasteiger partial charge on any atom is 0.267 e. The van der Waals surface area contributed by atoms with E-state index in [1.54, 1.807) is 30.3 Å². The third-order valence-corrected chi connectivity index (χ3v) is 5.24. The molecule has 0 unspecified atom stereocenters. The molecule has 0 saturated carbocycles. The van der Waals surface area contributed by atoms with Gasteiger partial charge >= 0.3 is 0 Å². The zero-order valence-electron chi connectivity index (χ0n) is 17.7. The van der Waals surface area contributed by atoms with E-state index in [1.807, 2.05) is 19.1 Å². The van der Waals surface area contributed by atoms with Gasteiger partial charge in [-0.1, -0.05) is 30.5 Å². The van der Waals surface area contributed by atoms with Crippen LogP contribution in [0.25, 0.3) is 6.08 Å². The van der Waals surface area contributed by atoms with Crippen molar-refractivity contribution >= 4 is 17.9 Å². The van der Waals surface area contributed by atoms with Gasteiger partial charge in [-0.05, 0) is 70.1 Å². The summed E-state index contributed by atoms with van der Waals surface area (Å²) in [6.45, 7) is 5.75. The monoisotopic (exact) mass is 409 g/mol. The molecule has 6 heteroatoms. The molecule has 0 atom stereocenters. The van der Waals surface area contributed by atoms with E-state index in [0.29, 0.717) is 17.9 Å². The molecule has 1 aliphatic rings. The quantitative estimate of drug-likeness (QED) is 0.514. The summed E-state index contributed by atoms with van der Waals surface area (Å²) in [6.07, 6.45) is 9.11. The largest absolute Gasteiger partial charge is 0.465 e. The molecule has 1 aromatic carbocycles. The molecule has 30 heavy (non-hydrogen) atoms. The number of carbonyl (C=O) groups excluding carboxylic acids is 2. The molecule has 2 amide bonds. The lowest BCUT2D eigenvalue weighted by Crippen LogP contribution is -2.36. The average molecular weight is 410 g/mol. The van der Waals surface area contributed by atoms with Gasteiger partial charge in [0.25, 0.3) is 11.8 Å². The molecular weight excluding hydrogens is 378 g/mol. The van der Waals surface area contributed by atoms with E-state index < -0.39 is 0 Å². The van der Waals surface area contributed by atoms with Gasteiger partial charge in [0.1, 0.15) is 11.5 Å². The van der Waals surface area contributed by atoms with Crippen molar-refractivity contribution in [2.24, 2.45) is 0 Å². The highest BCUT2D eigenvalue weighted by Crippen LogP contribution is 2.11. The maximum absolute atomic E-state index is 12.8. The van der Waals surface area contributed by atoms with E-state index in [9.17, 15) is 9.59 Å². The van der Waals surface area contributed by atoms with Gasteiger partial charge in [0, 0.05) is 18.2 Å². The number of likely N-dealkylation sites (tertiary alicyclic amines) is 1. The molecule has 1 aliphatic heterocycles. The number of hydrogen-bond donors (Lipinski definition) is 2. The summed E-state index contributed by atoms with van der Waals surface area (Å²) in [4.78, 5) is 27.9. The molecule has 1 aromatic heterocycles. The smallest absolute Gasteiger partial charge is 0.267 e. The van der Waals surface area contributed by atoms with Gasteiger partial charge < -0.3 is 20.0 Å². The Hall–Kier alpha value is -2.86. The van der Waals surface area contributed by atoms with Gasteiger partial charge in [-0.15, -0.1) is 0 Å². The SMILES string of the molecule is Cc1cccc(C(=O)N/C(=C\c2ccco2)C(=O)NCCCN2CCCCCC2)c1. The number of amides is 2. The zero-order valence-corrected chi connectivity index (χ0v) is 17.7. The lowest BCUT2D eigenvalue weighted by Gasteiger charge is -2.19. The molecule has 0 radical (unpaired) electrons. The van der Waals surface area contributed by atoms with E-state index >= 15 is 0 Å². The summed E-state index contributed by atoms with van der Waals surface area (Å²) < 4.78 is 5.32. The topological polar surface area (TPSA) is 74.6 Å². The number of aryl methyl sites for hydroxylation is 1. The second-order valence-electron chi connectivity index (χ2n) is 7.76. The Balaban J connectivity index is 1.57. The predicted molar refractivity (Wildman–Crippen MR) is 118 cm³/mol. The van der Waals surface area contributed by atoms with E-state index in [4.69, 9.17) is 4.42 Å². The van der Waals surface area contributed by atoms with Gasteiger partial charge in [-0.25, -0.2) is 0 Å². The average Bonchev–Trinajstić information content (AvgIpc) is 3.11. The van der Waals surface area contributed by atoms with Crippen LogP contribution < -0.4 is 10.6 Å². The van der Waals surface area contributed by atoms with E-state index in [2.05, 4.69) is 15.5 Å². The Morgan fingerprint density at radius 3 is 2.60 bits per heavy atom. The Morgan fingerprint density at radius 1 is 1.10 bits per heavy atom. The minimum absolute atomic E-state index is 0.172. The molecule has 6 nitrogen and oxygen atoms in total. The van der Waals surface area contributed by atoms with Crippen molar-refractivity contribution in [3.05, 3.63) is 65.2 Å². The summed E-state index contributed by atoms with van der Waals surface area (Å²) in [6, 6.07) is 10.7. The van der Waals surface area contributed by atoms with Crippen molar-refractivity contribution in [1.82, 2.24) is 15.5 Å². The van der Waals surface area contributed by atoms with Crippen LogP contribution >= 0.6 is 0 Å². The van der Waals surface area contributed by atoms with Gasteiger partial charge in [0.2, 0.25) is 0 Å². The molecule has 0 aliphatic carbocycles. The highest BCUT2D eigenvalue weighted by atomic mass is 16.3. The van der Waals surface area contributed by atoms with Crippen molar-refractivity contribution in [3.63, 3.8) is 0 Å². The molecule has 2 heterocycles. The number of nitrogens with zero attached hydrogens (tertiary/aromatic N) is 1. The summed E-state index contributed by atoms with van der Waals surface area (Å²) in [5.41, 5.74) is 1.66. The molecular formula is C24H31N3O3. The van der Waals surface area contributed by atoms with Crippen LogP contribution in [0.1, 0.15) is 53.8 Å². The van der Waals surface area contributed by atoms with Crippen LogP contribution in [0.5, 0.6) is 0 Å². The fourth-order valence-electron chi connectivity index (χ4n) is 3.61. The summed E-state index contributed by atoms with van der Waals surface area (Å²) in [7, 11) is 0. The number of benzene rings is 1. The van der Waals surface area contributed by atoms with E-state index in [1.165, 1.54) is 31.9 Å². The zero-order chi connectivity index (χ0) is 21.2. The molecule has 2 N–H and O–H groups in total. The van der Waals surface area contributed by atoms with Crippen LogP contribution in [0.4, 0.5) is 0 Å². The lowest BCUT2D eigenvalue weighted by molar-refractivity contribution is -0.117. The first-order chi connectivity index (χ1) is 14.6. The summed E-state index contributed by atoms with van der Waals surface area (Å²) in [5.74, 6) is -0.131. The second kappa shape index (κ2) is 11.4. The first kappa shape index (κ1) is 21.8. The maximum atomic E-state index is 12.8. The number of nitrogens with one attached hydrogen (secondary N) is 2. The highest BCUT2D eigenvalue weighted by Gasteiger charge is 2.15. The Kier molecular flexibility index (Phi) is 8.27. The highest BCUT2D eigenvalue weighted by molar-refractivity contribution is 6.05. The van der Waals surface area contributed by atoms with Crippen molar-refractivity contribution in [2.45, 2.75) is 39.0 Å². The molecule has 0 spiro atoms. The third-order valence-electron chi connectivity index (χ3n) is 5.24. The molecule has 1 fully saturated rings. The fraction of sp³-hybridized carbons (Fsp3) is 0.417. The third kappa shape index (κ3) is 6.88. The van der Waals surface area contributed by atoms with Gasteiger partial charge in [-0.2, -0.15) is 0 Å². The van der Waals surface area contributed by atoms with Crippen LogP contribution in [0.15, 0.2) is 52.8 Å². The Labute approximate surface area is 178 Å². The predicted octanol–water partition coefficient (Wildman–Crippen LogP) is 3.74. The molecule has 160 valence electrons. The number of furan rings is 1. The molecule has 1 saturated heterocycles. The normalized spacial score (nSPS) is 15.4. The first-order valence-electron chi connectivity index (χ1n) is 10.8. The Morgan fingerprint density at radius 2 is 1.90 bits per heavy atom. The Bertz CT molecular complexity index is 850. The molecule has 3 rings (SSSR count). The first-order valence-corrected chi connectivity index (χ1v) is 10.8. The van der Waals surface area contributed by atoms with Gasteiger partial charge in [-0.3, -0.25) is 9.59 Å². The number of hydrogen-bond acceptors (Lipinski definition) is 4. The van der Waals surface area contributed by atoms with Crippen LogP contribution in [0, 0.1) is 6.92 Å². The molecule has 0 bridgehead atoms. The second-order valence-corrected chi connectivity index (χ2v) is 7.76. The minimum Gasteiger partial charge on any atom is -0.465 e. The van der Waals surface area contributed by atoms with Gasteiger partial charge in [0.05, 0.1) is 6.26 Å². The van der Waals surface area contributed by atoms with Crippen LogP contribution in [-0.4, -0.2) is 42.9 Å². The lowest BCUT2D eigenvalue weighted by atomic mass is 10.1. The molecule has 2 aromatic rings. The van der Waals surface area contributed by atoms with E-state index in [-0.39, 0.29) is 17.5 Å².